The van der Waals surface area contributed by atoms with Crippen molar-refractivity contribution in [3.05, 3.63) is 72.9 Å². The van der Waals surface area contributed by atoms with Crippen LogP contribution in [0.2, 0.25) is 0 Å². The first-order valence-electron chi connectivity index (χ1n) is 38.7. The zero-order valence-electron chi connectivity index (χ0n) is 59.2. The van der Waals surface area contributed by atoms with Gasteiger partial charge in [-0.15, -0.1) is 0 Å². The fourth-order valence-electron chi connectivity index (χ4n) is 12.0. The fourth-order valence-corrected chi connectivity index (χ4v) is 12.0. The van der Waals surface area contributed by atoms with Gasteiger partial charge in [-0.3, -0.25) is 9.59 Å². The van der Waals surface area contributed by atoms with E-state index < -0.39 is 67.4 Å². The van der Waals surface area contributed by atoms with Gasteiger partial charge in [0, 0.05) is 6.42 Å². The van der Waals surface area contributed by atoms with E-state index in [1.54, 1.807) is 6.08 Å². The number of unbranched alkanes of at least 4 members (excludes halogenated alkanes) is 43. The molecule has 0 spiro atoms. The summed E-state index contributed by atoms with van der Waals surface area (Å²) < 4.78 is 17.7. The van der Waals surface area contributed by atoms with Crippen molar-refractivity contribution in [1.82, 2.24) is 5.32 Å². The number of allylic oxidation sites excluding steroid dienone is 11. The number of aliphatic hydroxyl groups is 5. The van der Waals surface area contributed by atoms with Gasteiger partial charge in [0.25, 0.3) is 0 Å². The molecule has 0 aliphatic carbocycles. The Morgan fingerprint density at radius 1 is 0.429 bits per heavy atom. The van der Waals surface area contributed by atoms with Gasteiger partial charge in [-0.05, 0) is 96.3 Å². The van der Waals surface area contributed by atoms with E-state index in [0.29, 0.717) is 12.8 Å². The van der Waals surface area contributed by atoms with Crippen LogP contribution < -0.4 is 5.32 Å². The average molecular weight is 1280 g/mol. The van der Waals surface area contributed by atoms with Crippen LogP contribution >= 0.6 is 0 Å². The normalized spacial score (nSPS) is 18.4. The maximum absolute atomic E-state index is 13.5. The Morgan fingerprint density at radius 2 is 0.758 bits per heavy atom. The maximum Gasteiger partial charge on any atom is 0.306 e. The Labute approximate surface area is 560 Å². The summed E-state index contributed by atoms with van der Waals surface area (Å²) in [6.45, 7) is 5.78. The second-order valence-electron chi connectivity index (χ2n) is 26.7. The highest BCUT2D eigenvalue weighted by atomic mass is 16.7. The molecule has 11 heteroatoms. The monoisotopic (exact) mass is 1280 g/mol. The molecular weight excluding hydrogens is 1130 g/mol. The predicted octanol–water partition coefficient (Wildman–Crippen LogP) is 20.6. The summed E-state index contributed by atoms with van der Waals surface area (Å²) in [5, 5.41) is 57.3. The molecule has 1 saturated heterocycles. The van der Waals surface area contributed by atoms with Crippen LogP contribution in [0.1, 0.15) is 361 Å². The number of carbonyl (C=O) groups is 2. The molecule has 91 heavy (non-hydrogen) atoms. The van der Waals surface area contributed by atoms with Crippen molar-refractivity contribution in [3.63, 3.8) is 0 Å². The van der Waals surface area contributed by atoms with Gasteiger partial charge in [0.2, 0.25) is 5.91 Å². The number of rotatable bonds is 67. The molecule has 11 nitrogen and oxygen atoms in total. The number of aliphatic hydroxyl groups excluding tert-OH is 5. The number of nitrogens with one attached hydrogen (secondary N) is 1. The van der Waals surface area contributed by atoms with Gasteiger partial charge < -0.3 is 45.1 Å². The van der Waals surface area contributed by atoms with Gasteiger partial charge >= 0.3 is 5.97 Å². The van der Waals surface area contributed by atoms with Gasteiger partial charge in [0.05, 0.1) is 25.4 Å². The molecule has 0 bridgehead atoms. The summed E-state index contributed by atoms with van der Waals surface area (Å²) in [6.07, 6.45) is 78.1. The largest absolute Gasteiger partial charge is 0.454 e. The fraction of sp³-hybridized carbons (Fsp3) is 0.825. The van der Waals surface area contributed by atoms with E-state index in [2.05, 4.69) is 86.8 Å². The molecule has 1 aliphatic rings. The second kappa shape index (κ2) is 67.1. The van der Waals surface area contributed by atoms with Crippen molar-refractivity contribution in [1.29, 1.82) is 0 Å². The number of ether oxygens (including phenoxy) is 3. The van der Waals surface area contributed by atoms with Crippen molar-refractivity contribution in [3.8, 4) is 0 Å². The van der Waals surface area contributed by atoms with Gasteiger partial charge in [0.15, 0.2) is 12.4 Å². The standard InChI is InChI=1S/C80H145NO10/c1-4-7-10-13-16-19-22-24-26-28-30-32-34-36-37-38-40-42-44-46-48-50-53-56-59-62-65-68-75(85)91-78-77(87)76(86)74(69-82)90-80(78)89-70-71(72(83)66-63-60-57-54-51-21-18-15-12-9-6-3)81-79(88)73(84)67-64-61-58-55-52-49-47-45-43-41-39-35-33-31-29-27-25-23-20-17-14-11-8-5-2/h16-17,19-20,24-27,31,33,63,66,71-74,76-78,80,82-84,86-87H,4-15,18,21-23,28-30,32,34-62,64-65,67-70H2,1-3H3,(H,81,88)/b19-16-,20-17-,26-24-,27-25-,33-31-,66-63+. The Morgan fingerprint density at radius 3 is 1.15 bits per heavy atom. The Bertz CT molecular complexity index is 1760. The highest BCUT2D eigenvalue weighted by molar-refractivity contribution is 5.80. The third kappa shape index (κ3) is 54.0. The molecule has 0 aromatic heterocycles. The van der Waals surface area contributed by atoms with E-state index in [1.165, 1.54) is 231 Å². The Balaban J connectivity index is 2.48. The van der Waals surface area contributed by atoms with Crippen LogP contribution in [0.25, 0.3) is 0 Å². The van der Waals surface area contributed by atoms with E-state index in [9.17, 15) is 35.1 Å². The lowest BCUT2D eigenvalue weighted by Crippen LogP contribution is -2.61. The van der Waals surface area contributed by atoms with E-state index in [-0.39, 0.29) is 19.4 Å². The molecule has 1 fully saturated rings. The Kier molecular flexibility index (Phi) is 63.5. The first-order valence-corrected chi connectivity index (χ1v) is 38.7. The molecule has 0 radical (unpaired) electrons. The summed E-state index contributed by atoms with van der Waals surface area (Å²) in [6, 6.07) is -1.03. The molecule has 0 saturated carbocycles. The SMILES string of the molecule is CCCCC/C=C\C/C=C\C/C=C\CCCCCCCCCCCCCC(O)C(=O)NC(COC1OC(CO)C(O)C(O)C1OC(=O)CCCCCCCCCCCCCCCCCCC/C=C\C/C=C\CCCCC)C(O)/C=C/CCCCCCCCCCC. The zero-order valence-corrected chi connectivity index (χ0v) is 59.2. The van der Waals surface area contributed by atoms with Crippen LogP contribution in [0.4, 0.5) is 0 Å². The molecule has 0 aromatic carbocycles. The van der Waals surface area contributed by atoms with Crippen molar-refractivity contribution in [2.75, 3.05) is 13.2 Å². The minimum Gasteiger partial charge on any atom is -0.454 e. The molecular formula is C80H145NO10. The van der Waals surface area contributed by atoms with Crippen molar-refractivity contribution >= 4 is 11.9 Å². The van der Waals surface area contributed by atoms with Crippen molar-refractivity contribution in [2.45, 2.75) is 410 Å². The van der Waals surface area contributed by atoms with E-state index in [1.807, 2.05) is 6.08 Å². The molecule has 8 unspecified atom stereocenters. The van der Waals surface area contributed by atoms with Gasteiger partial charge in [-0.25, -0.2) is 0 Å². The van der Waals surface area contributed by atoms with Crippen LogP contribution in [0, 0.1) is 0 Å². The van der Waals surface area contributed by atoms with Crippen LogP contribution in [0.3, 0.4) is 0 Å². The van der Waals surface area contributed by atoms with Gasteiger partial charge in [0.1, 0.15) is 24.4 Å². The summed E-state index contributed by atoms with van der Waals surface area (Å²) in [4.78, 5) is 26.7. The number of hydrogen-bond acceptors (Lipinski definition) is 10. The molecule has 6 N–H and O–H groups in total. The molecule has 8 atom stereocenters. The lowest BCUT2D eigenvalue weighted by molar-refractivity contribution is -0.305. The number of amides is 1. The first-order chi connectivity index (χ1) is 44.7. The number of esters is 1. The van der Waals surface area contributed by atoms with E-state index in [0.717, 1.165) is 83.5 Å². The third-order valence-electron chi connectivity index (χ3n) is 18.1. The number of carbonyl (C=O) groups excluding carboxylic acids is 2. The van der Waals surface area contributed by atoms with E-state index in [4.69, 9.17) is 14.2 Å². The molecule has 530 valence electrons. The summed E-state index contributed by atoms with van der Waals surface area (Å²) in [5.41, 5.74) is 0. The lowest BCUT2D eigenvalue weighted by Gasteiger charge is -2.41. The highest BCUT2D eigenvalue weighted by Crippen LogP contribution is 2.27. The number of hydrogen-bond donors (Lipinski definition) is 6. The summed E-state index contributed by atoms with van der Waals surface area (Å²) in [5.74, 6) is -1.18. The topological polar surface area (TPSA) is 175 Å². The minimum absolute atomic E-state index is 0.124. The molecule has 1 rings (SSSR count). The third-order valence-corrected chi connectivity index (χ3v) is 18.1. The van der Waals surface area contributed by atoms with Crippen molar-refractivity contribution < 1.29 is 49.3 Å². The first kappa shape index (κ1) is 86.1. The minimum atomic E-state index is -1.62. The van der Waals surface area contributed by atoms with Crippen LogP contribution in [-0.4, -0.2) is 99.6 Å². The maximum atomic E-state index is 13.5. The van der Waals surface area contributed by atoms with Crippen LogP contribution in [0.5, 0.6) is 0 Å². The van der Waals surface area contributed by atoms with Crippen LogP contribution in [-0.2, 0) is 23.8 Å². The average Bonchev–Trinajstić information content (AvgIpc) is 0.943. The molecule has 1 aliphatic heterocycles. The smallest absolute Gasteiger partial charge is 0.306 e. The highest BCUT2D eigenvalue weighted by Gasteiger charge is 2.47. The van der Waals surface area contributed by atoms with Crippen molar-refractivity contribution in [2.24, 2.45) is 0 Å². The molecule has 1 heterocycles. The van der Waals surface area contributed by atoms with Gasteiger partial charge in [-0.1, -0.05) is 331 Å². The second-order valence-corrected chi connectivity index (χ2v) is 26.7. The lowest BCUT2D eigenvalue weighted by atomic mass is 9.99. The molecule has 0 aromatic rings. The van der Waals surface area contributed by atoms with E-state index >= 15 is 0 Å². The predicted molar refractivity (Wildman–Crippen MR) is 384 cm³/mol. The molecule has 1 amide bonds. The van der Waals surface area contributed by atoms with Crippen LogP contribution in [0.15, 0.2) is 72.9 Å². The zero-order chi connectivity index (χ0) is 66.0. The van der Waals surface area contributed by atoms with Gasteiger partial charge in [-0.2, -0.15) is 0 Å². The summed E-state index contributed by atoms with van der Waals surface area (Å²) in [7, 11) is 0. The summed E-state index contributed by atoms with van der Waals surface area (Å²) >= 11 is 0. The quantitative estimate of drug-likeness (QED) is 0.0195. The Hall–Kier alpha value is -2.90.